The normalized spacial score (nSPS) is 11.1. The smallest absolute Gasteiger partial charge is 0.381 e. The molecule has 0 aliphatic rings. The number of carbonyl (C=O) groups excluding carboxylic acids is 2. The van der Waals surface area contributed by atoms with Gasteiger partial charge in [0.05, 0.1) is 19.3 Å². The Balaban J connectivity index is 3.26. The number of benzene rings is 1. The van der Waals surface area contributed by atoms with E-state index in [-0.39, 0.29) is 12.2 Å². The Morgan fingerprint density at radius 1 is 1.35 bits per heavy atom. The van der Waals surface area contributed by atoms with Crippen molar-refractivity contribution in [3.05, 3.63) is 34.9 Å². The average Bonchev–Trinajstić information content (AvgIpc) is 2.45. The van der Waals surface area contributed by atoms with Crippen LogP contribution in [0.3, 0.4) is 0 Å². The number of alkyl halides is 3. The molecule has 0 N–H and O–H groups in total. The lowest BCUT2D eigenvalue weighted by molar-refractivity contribution is -0.173. The summed E-state index contributed by atoms with van der Waals surface area (Å²) in [6.45, 7) is 1.28. The van der Waals surface area contributed by atoms with Gasteiger partial charge >= 0.3 is 17.9 Å². The van der Waals surface area contributed by atoms with Gasteiger partial charge in [0.1, 0.15) is 0 Å². The fourth-order valence-electron chi connectivity index (χ4n) is 1.53. The number of rotatable bonds is 5. The molecule has 0 atom stereocenters. The molecular formula is C13H13BrF2O4. The van der Waals surface area contributed by atoms with Crippen molar-refractivity contribution in [2.45, 2.75) is 18.2 Å². The van der Waals surface area contributed by atoms with Gasteiger partial charge in [0.2, 0.25) is 0 Å². The first-order chi connectivity index (χ1) is 9.38. The van der Waals surface area contributed by atoms with Crippen LogP contribution in [-0.4, -0.2) is 25.7 Å². The van der Waals surface area contributed by atoms with Crippen molar-refractivity contribution in [1.82, 2.24) is 0 Å². The second-order valence-corrected chi connectivity index (χ2v) is 4.35. The molecule has 1 rings (SSSR count). The molecule has 0 amide bonds. The minimum atomic E-state index is -3.82. The molecule has 0 fully saturated rings. The van der Waals surface area contributed by atoms with E-state index < -0.39 is 23.4 Å². The summed E-state index contributed by atoms with van der Waals surface area (Å²) in [6, 6.07) is 3.36. The van der Waals surface area contributed by atoms with Crippen LogP contribution < -0.4 is 0 Å². The Morgan fingerprint density at radius 3 is 2.50 bits per heavy atom. The van der Waals surface area contributed by atoms with E-state index in [9.17, 15) is 18.4 Å². The van der Waals surface area contributed by atoms with Crippen LogP contribution in [0.4, 0.5) is 8.78 Å². The number of methoxy groups -OCH3 is 1. The monoisotopic (exact) mass is 350 g/mol. The number of carbonyl (C=O) groups is 2. The topological polar surface area (TPSA) is 52.6 Å². The molecule has 0 saturated carbocycles. The van der Waals surface area contributed by atoms with E-state index in [1.165, 1.54) is 13.0 Å². The number of hydrogen-bond acceptors (Lipinski definition) is 4. The summed E-state index contributed by atoms with van der Waals surface area (Å²) < 4.78 is 36.6. The van der Waals surface area contributed by atoms with Crippen LogP contribution in [-0.2, 0) is 25.5 Å². The molecule has 110 valence electrons. The van der Waals surface area contributed by atoms with E-state index in [2.05, 4.69) is 25.4 Å². The number of ether oxygens (including phenoxy) is 2. The van der Waals surface area contributed by atoms with Gasteiger partial charge < -0.3 is 9.47 Å². The summed E-state index contributed by atoms with van der Waals surface area (Å²) in [5.74, 6) is -6.22. The maximum atomic E-state index is 13.9. The van der Waals surface area contributed by atoms with Crippen LogP contribution in [0.5, 0.6) is 0 Å². The van der Waals surface area contributed by atoms with Crippen molar-refractivity contribution in [2.75, 3.05) is 13.7 Å². The minimum absolute atomic E-state index is 0.0224. The van der Waals surface area contributed by atoms with Crippen molar-refractivity contribution in [3.63, 3.8) is 0 Å². The molecular weight excluding hydrogens is 338 g/mol. The number of hydrogen-bond donors (Lipinski definition) is 0. The van der Waals surface area contributed by atoms with E-state index in [4.69, 9.17) is 0 Å². The predicted molar refractivity (Wildman–Crippen MR) is 70.9 cm³/mol. The molecule has 20 heavy (non-hydrogen) atoms. The maximum Gasteiger partial charge on any atom is 0.381 e. The number of esters is 2. The summed E-state index contributed by atoms with van der Waals surface area (Å²) in [4.78, 5) is 22.8. The van der Waals surface area contributed by atoms with E-state index >= 15 is 0 Å². The van der Waals surface area contributed by atoms with E-state index in [0.717, 1.165) is 19.2 Å². The van der Waals surface area contributed by atoms with Crippen LogP contribution >= 0.6 is 15.9 Å². The molecule has 4 nitrogen and oxygen atoms in total. The van der Waals surface area contributed by atoms with Gasteiger partial charge in [-0.1, -0.05) is 28.1 Å². The van der Waals surface area contributed by atoms with Crippen LogP contribution in [0.25, 0.3) is 0 Å². The van der Waals surface area contributed by atoms with Crippen molar-refractivity contribution in [3.8, 4) is 0 Å². The lowest BCUT2D eigenvalue weighted by Crippen LogP contribution is -2.28. The predicted octanol–water partition coefficient (Wildman–Crippen LogP) is 3.02. The average molecular weight is 351 g/mol. The molecule has 1 aromatic carbocycles. The van der Waals surface area contributed by atoms with Gasteiger partial charge in [0, 0.05) is 10.9 Å². The lowest BCUT2D eigenvalue weighted by Gasteiger charge is -2.16. The summed E-state index contributed by atoms with van der Waals surface area (Å²) in [7, 11) is 1.15. The molecule has 0 spiro atoms. The SMILES string of the molecule is CCOC(=O)C(F)(F)c1ccc(CBr)c(C(=O)OC)c1. The van der Waals surface area contributed by atoms with Gasteiger partial charge in [0.25, 0.3) is 0 Å². The molecule has 0 aromatic heterocycles. The third kappa shape index (κ3) is 3.33. The van der Waals surface area contributed by atoms with E-state index in [1.807, 2.05) is 0 Å². The molecule has 0 saturated heterocycles. The number of halogens is 3. The second kappa shape index (κ2) is 6.78. The second-order valence-electron chi connectivity index (χ2n) is 3.79. The summed E-state index contributed by atoms with van der Waals surface area (Å²) in [6.07, 6.45) is 0. The molecule has 0 radical (unpaired) electrons. The van der Waals surface area contributed by atoms with Gasteiger partial charge in [-0.3, -0.25) is 0 Å². The Labute approximate surface area is 123 Å². The zero-order valence-corrected chi connectivity index (χ0v) is 12.5. The molecule has 0 heterocycles. The van der Waals surface area contributed by atoms with E-state index in [1.54, 1.807) is 0 Å². The van der Waals surface area contributed by atoms with Crippen molar-refractivity contribution in [1.29, 1.82) is 0 Å². The molecule has 0 aliphatic heterocycles. The van der Waals surface area contributed by atoms with Crippen LogP contribution in [0, 0.1) is 0 Å². The zero-order valence-electron chi connectivity index (χ0n) is 10.9. The van der Waals surface area contributed by atoms with Crippen molar-refractivity contribution in [2.24, 2.45) is 0 Å². The summed E-state index contributed by atoms with van der Waals surface area (Å²) in [5.41, 5.74) is -0.146. The first-order valence-corrected chi connectivity index (χ1v) is 6.83. The largest absolute Gasteiger partial charge is 0.465 e. The van der Waals surface area contributed by atoms with E-state index in [0.29, 0.717) is 10.9 Å². The van der Waals surface area contributed by atoms with Gasteiger partial charge in [-0.2, -0.15) is 8.78 Å². The summed E-state index contributed by atoms with van der Waals surface area (Å²) >= 11 is 3.15. The van der Waals surface area contributed by atoms with Gasteiger partial charge in [-0.25, -0.2) is 9.59 Å². The van der Waals surface area contributed by atoms with Crippen LogP contribution in [0.1, 0.15) is 28.4 Å². The van der Waals surface area contributed by atoms with Gasteiger partial charge in [-0.05, 0) is 18.6 Å². The molecule has 0 bridgehead atoms. The molecule has 7 heteroatoms. The molecule has 0 unspecified atom stereocenters. The highest BCUT2D eigenvalue weighted by molar-refractivity contribution is 9.08. The van der Waals surface area contributed by atoms with Crippen molar-refractivity contribution >= 4 is 27.9 Å². The fraction of sp³-hybridized carbons (Fsp3) is 0.385. The molecule has 0 aliphatic carbocycles. The highest BCUT2D eigenvalue weighted by Crippen LogP contribution is 2.31. The Morgan fingerprint density at radius 2 is 2.00 bits per heavy atom. The lowest BCUT2D eigenvalue weighted by atomic mass is 10.0. The highest BCUT2D eigenvalue weighted by atomic mass is 79.9. The zero-order chi connectivity index (χ0) is 15.3. The first-order valence-electron chi connectivity index (χ1n) is 5.71. The van der Waals surface area contributed by atoms with Crippen molar-refractivity contribution < 1.29 is 27.8 Å². The third-order valence-corrected chi connectivity index (χ3v) is 3.16. The van der Waals surface area contributed by atoms with Gasteiger partial charge in [-0.15, -0.1) is 0 Å². The first kappa shape index (κ1) is 16.6. The third-order valence-electron chi connectivity index (χ3n) is 2.55. The highest BCUT2D eigenvalue weighted by Gasteiger charge is 2.43. The Hall–Kier alpha value is -1.50. The van der Waals surface area contributed by atoms with Crippen LogP contribution in [0.2, 0.25) is 0 Å². The minimum Gasteiger partial charge on any atom is -0.465 e. The molecule has 1 aromatic rings. The Bertz CT molecular complexity index is 517. The van der Waals surface area contributed by atoms with Gasteiger partial charge in [0.15, 0.2) is 0 Å². The quantitative estimate of drug-likeness (QED) is 0.605. The standard InChI is InChI=1S/C13H13BrF2O4/c1-3-20-12(18)13(15,16)9-5-4-8(7-14)10(6-9)11(17)19-2/h4-6H,3,7H2,1-2H3. The fourth-order valence-corrected chi connectivity index (χ4v) is 2.02. The maximum absolute atomic E-state index is 13.9. The van der Waals surface area contributed by atoms with Crippen LogP contribution in [0.15, 0.2) is 18.2 Å². The Kier molecular flexibility index (Phi) is 5.62. The summed E-state index contributed by atoms with van der Waals surface area (Å²) in [5, 5.41) is 0.294.